The number of hydrogen-bond donors (Lipinski definition) is 3. The molecule has 1 saturated carbocycles. The van der Waals surface area contributed by atoms with Crippen LogP contribution < -0.4 is 11.1 Å². The molecule has 1 aromatic heterocycles. The minimum atomic E-state index is -0.961. The second-order valence-corrected chi connectivity index (χ2v) is 9.91. The van der Waals surface area contributed by atoms with Crippen molar-refractivity contribution in [1.82, 2.24) is 0 Å². The molecule has 3 unspecified atom stereocenters. The largest absolute Gasteiger partial charge is 0.375 e. The van der Waals surface area contributed by atoms with E-state index in [1.54, 1.807) is 6.92 Å². The van der Waals surface area contributed by atoms with Crippen LogP contribution in [0.4, 0.5) is 5.00 Å². The molecular weight excluding hydrogens is 380 g/mol. The summed E-state index contributed by atoms with van der Waals surface area (Å²) in [5.74, 6) is -0.738. The fourth-order valence-corrected chi connectivity index (χ4v) is 5.61. The van der Waals surface area contributed by atoms with E-state index in [1.807, 2.05) is 27.7 Å². The van der Waals surface area contributed by atoms with Gasteiger partial charge in [-0.15, -0.1) is 11.3 Å². The minimum Gasteiger partial charge on any atom is -0.375 e. The van der Waals surface area contributed by atoms with E-state index in [9.17, 15) is 14.7 Å². The van der Waals surface area contributed by atoms with Crippen molar-refractivity contribution in [3.8, 4) is 0 Å². The van der Waals surface area contributed by atoms with E-state index in [0.29, 0.717) is 36.6 Å². The number of ether oxygens (including phenoxy) is 2. The molecule has 156 valence electrons. The number of nitrogens with two attached hydrogens (primary N) is 1. The summed E-state index contributed by atoms with van der Waals surface area (Å²) in [7, 11) is 0. The fourth-order valence-electron chi connectivity index (χ4n) is 4.35. The van der Waals surface area contributed by atoms with E-state index in [-0.39, 0.29) is 5.92 Å². The van der Waals surface area contributed by atoms with E-state index < -0.39 is 28.8 Å². The molecule has 0 saturated heterocycles. The number of thiophene rings is 1. The molecule has 1 aliphatic carbocycles. The number of rotatable bonds is 8. The first-order chi connectivity index (χ1) is 13.0. The van der Waals surface area contributed by atoms with Gasteiger partial charge in [-0.3, -0.25) is 4.79 Å². The van der Waals surface area contributed by atoms with Gasteiger partial charge in [0.25, 0.3) is 5.91 Å². The second-order valence-electron chi connectivity index (χ2n) is 8.89. The number of aldehydes is 1. The molecule has 0 spiro atoms. The predicted octanol–water partition coefficient (Wildman–Crippen LogP) is 2.41. The van der Waals surface area contributed by atoms with Gasteiger partial charge in [0.15, 0.2) is 6.29 Å². The Balaban J connectivity index is 1.87. The summed E-state index contributed by atoms with van der Waals surface area (Å²) in [5.41, 5.74) is 5.47. The molecule has 0 radical (unpaired) electrons. The molecule has 7 nitrogen and oxygen atoms in total. The quantitative estimate of drug-likeness (QED) is 0.448. The molecule has 8 heteroatoms. The number of amides is 1. The first-order valence-electron chi connectivity index (χ1n) is 9.62. The summed E-state index contributed by atoms with van der Waals surface area (Å²) in [6, 6.07) is 0. The van der Waals surface area contributed by atoms with Gasteiger partial charge in [0.2, 0.25) is 0 Å². The molecule has 0 bridgehead atoms. The van der Waals surface area contributed by atoms with Crippen LogP contribution in [0.2, 0.25) is 0 Å². The van der Waals surface area contributed by atoms with E-state index in [4.69, 9.17) is 15.2 Å². The number of anilines is 1. The highest BCUT2D eigenvalue weighted by atomic mass is 32.1. The monoisotopic (exact) mass is 410 g/mol. The van der Waals surface area contributed by atoms with Gasteiger partial charge in [-0.25, -0.2) is 0 Å². The summed E-state index contributed by atoms with van der Waals surface area (Å²) in [5, 5.41) is 14.0. The van der Waals surface area contributed by atoms with E-state index in [1.165, 1.54) is 11.3 Å². The van der Waals surface area contributed by atoms with Crippen molar-refractivity contribution in [3.05, 3.63) is 16.0 Å². The molecule has 4 N–H and O–H groups in total. The molecule has 1 fully saturated rings. The Kier molecular flexibility index (Phi) is 5.38. The van der Waals surface area contributed by atoms with Gasteiger partial charge >= 0.3 is 0 Å². The van der Waals surface area contributed by atoms with Crippen molar-refractivity contribution < 1.29 is 24.2 Å². The Hall–Kier alpha value is -1.48. The first kappa shape index (κ1) is 21.2. The number of aliphatic hydroxyl groups excluding tert-OH is 1. The molecule has 0 aromatic carbocycles. The van der Waals surface area contributed by atoms with Crippen LogP contribution >= 0.6 is 11.3 Å². The zero-order valence-electron chi connectivity index (χ0n) is 17.1. The van der Waals surface area contributed by atoms with Crippen molar-refractivity contribution >= 4 is 28.5 Å². The van der Waals surface area contributed by atoms with Gasteiger partial charge in [-0.1, -0.05) is 0 Å². The molecule has 28 heavy (non-hydrogen) atoms. The third-order valence-corrected chi connectivity index (χ3v) is 7.10. The zero-order chi connectivity index (χ0) is 20.9. The third-order valence-electron chi connectivity index (χ3n) is 5.61. The van der Waals surface area contributed by atoms with Gasteiger partial charge in [0.1, 0.15) is 11.3 Å². The second kappa shape index (κ2) is 7.09. The minimum absolute atomic E-state index is 0.247. The van der Waals surface area contributed by atoms with Gasteiger partial charge in [0, 0.05) is 30.4 Å². The fraction of sp³-hybridized carbons (Fsp3) is 0.700. The number of nitrogens with one attached hydrogen (secondary N) is 1. The zero-order valence-corrected chi connectivity index (χ0v) is 17.9. The van der Waals surface area contributed by atoms with Crippen molar-refractivity contribution in [2.45, 2.75) is 65.0 Å². The molecular formula is C20H30N2O5S. The highest BCUT2D eigenvalue weighted by Gasteiger charge is 2.58. The Morgan fingerprint density at radius 2 is 2.14 bits per heavy atom. The SMILES string of the molecule is CCOC(O)C1CC1(C=O)CNc1sc2c(c1C(N)=O)CC(C)(C)OC2(C)C. The number of hydrogen-bond acceptors (Lipinski definition) is 7. The van der Waals surface area contributed by atoms with Crippen LogP contribution in [0, 0.1) is 11.3 Å². The van der Waals surface area contributed by atoms with Crippen molar-refractivity contribution in [2.75, 3.05) is 18.5 Å². The van der Waals surface area contributed by atoms with Crippen LogP contribution in [0.3, 0.4) is 0 Å². The summed E-state index contributed by atoms with van der Waals surface area (Å²) in [6.07, 6.45) is 1.05. The van der Waals surface area contributed by atoms with E-state index in [0.717, 1.165) is 16.7 Å². The third kappa shape index (κ3) is 3.70. The molecule has 1 aliphatic heterocycles. The maximum atomic E-state index is 12.3. The van der Waals surface area contributed by atoms with Crippen LogP contribution in [0.1, 0.15) is 61.8 Å². The number of carbonyl (C=O) groups excluding carboxylic acids is 2. The molecule has 2 aliphatic rings. The highest BCUT2D eigenvalue weighted by Crippen LogP contribution is 2.54. The van der Waals surface area contributed by atoms with Gasteiger partial charge in [0.05, 0.1) is 22.2 Å². The molecule has 3 atom stereocenters. The summed E-state index contributed by atoms with van der Waals surface area (Å²) >= 11 is 1.45. The number of aliphatic hydroxyl groups is 1. The molecule has 1 amide bonds. The highest BCUT2D eigenvalue weighted by molar-refractivity contribution is 7.17. The maximum absolute atomic E-state index is 12.3. The normalized spacial score (nSPS) is 28.3. The van der Waals surface area contributed by atoms with Crippen LogP contribution in [-0.2, 0) is 26.3 Å². The predicted molar refractivity (Wildman–Crippen MR) is 107 cm³/mol. The average molecular weight is 411 g/mol. The molecule has 2 heterocycles. The van der Waals surface area contributed by atoms with Gasteiger partial charge in [-0.2, -0.15) is 0 Å². The lowest BCUT2D eigenvalue weighted by Gasteiger charge is -2.41. The van der Waals surface area contributed by atoms with E-state index >= 15 is 0 Å². The number of carbonyl (C=O) groups is 2. The average Bonchev–Trinajstić information content (AvgIpc) is 3.18. The van der Waals surface area contributed by atoms with Crippen molar-refractivity contribution in [3.63, 3.8) is 0 Å². The maximum Gasteiger partial charge on any atom is 0.251 e. The summed E-state index contributed by atoms with van der Waals surface area (Å²) in [4.78, 5) is 25.0. The van der Waals surface area contributed by atoms with Gasteiger partial charge in [-0.05, 0) is 46.6 Å². The van der Waals surface area contributed by atoms with Crippen molar-refractivity contribution in [1.29, 1.82) is 0 Å². The van der Waals surface area contributed by atoms with Gasteiger partial charge < -0.3 is 30.4 Å². The summed E-state index contributed by atoms with van der Waals surface area (Å²) < 4.78 is 11.4. The van der Waals surface area contributed by atoms with Crippen LogP contribution in [0.25, 0.3) is 0 Å². The standard InChI is InChI=1S/C20H30N2O5S/c1-6-26-17(25)12-8-20(12,10-23)9-22-16-13(15(21)24)11-7-18(2,3)27-19(4,5)14(11)28-16/h10,12,17,22,25H,6-9H2,1-5H3,(H2,21,24). The Bertz CT molecular complexity index is 788. The van der Waals surface area contributed by atoms with E-state index in [2.05, 4.69) is 5.32 Å². The smallest absolute Gasteiger partial charge is 0.251 e. The van der Waals surface area contributed by atoms with Crippen LogP contribution in [-0.4, -0.2) is 42.3 Å². The summed E-state index contributed by atoms with van der Waals surface area (Å²) in [6.45, 7) is 10.5. The lowest BCUT2D eigenvalue weighted by Crippen LogP contribution is -2.42. The topological polar surface area (TPSA) is 111 Å². The Morgan fingerprint density at radius 3 is 2.71 bits per heavy atom. The lowest BCUT2D eigenvalue weighted by molar-refractivity contribution is -0.135. The lowest BCUT2D eigenvalue weighted by atomic mass is 9.86. The van der Waals surface area contributed by atoms with Crippen LogP contribution in [0.5, 0.6) is 0 Å². The van der Waals surface area contributed by atoms with Crippen LogP contribution in [0.15, 0.2) is 0 Å². The Morgan fingerprint density at radius 1 is 1.46 bits per heavy atom. The number of fused-ring (bicyclic) bond motifs is 1. The number of primary amides is 1. The first-order valence-corrected chi connectivity index (χ1v) is 10.4. The Labute approximate surface area is 169 Å². The van der Waals surface area contributed by atoms with Crippen molar-refractivity contribution in [2.24, 2.45) is 17.1 Å². The molecule has 1 aromatic rings. The molecule has 3 rings (SSSR count).